The van der Waals surface area contributed by atoms with Crippen LogP contribution in [-0.4, -0.2) is 47.3 Å². The largest absolute Gasteiger partial charge is 0.469 e. The van der Waals surface area contributed by atoms with Crippen LogP contribution in [0.25, 0.3) is 0 Å². The molecule has 0 bridgehead atoms. The molecule has 0 aliphatic rings. The van der Waals surface area contributed by atoms with Gasteiger partial charge in [0.2, 0.25) is 0 Å². The highest BCUT2D eigenvalue weighted by molar-refractivity contribution is 5.91. The molecular weight excluding hydrogens is 286 g/mol. The number of aryl methyl sites for hydroxylation is 1. The molecule has 0 saturated heterocycles. The maximum absolute atomic E-state index is 12.3. The molecule has 1 amide bonds. The molecule has 122 valence electrons. The van der Waals surface area contributed by atoms with Gasteiger partial charge in [0.15, 0.2) is 0 Å². The van der Waals surface area contributed by atoms with Gasteiger partial charge in [-0.3, -0.25) is 14.4 Å². The van der Waals surface area contributed by atoms with Crippen molar-refractivity contribution in [1.29, 1.82) is 0 Å². The highest BCUT2D eigenvalue weighted by atomic mass is 16.5. The minimum absolute atomic E-state index is 0.210. The van der Waals surface area contributed by atoms with Crippen LogP contribution in [0, 0.1) is 0 Å². The lowest BCUT2D eigenvalue weighted by molar-refractivity contribution is -0.140. The zero-order valence-corrected chi connectivity index (χ0v) is 13.4. The Morgan fingerprint density at radius 1 is 1.32 bits per heavy atom. The van der Waals surface area contributed by atoms with E-state index in [1.165, 1.54) is 28.8 Å². The van der Waals surface area contributed by atoms with E-state index in [-0.39, 0.29) is 29.6 Å². The topological polar surface area (TPSA) is 81.5 Å². The van der Waals surface area contributed by atoms with Crippen LogP contribution in [0.4, 0.5) is 0 Å². The third kappa shape index (κ3) is 5.31. The Kier molecular flexibility index (Phi) is 7.28. The van der Waals surface area contributed by atoms with Gasteiger partial charge < -0.3 is 9.64 Å². The number of aromatic nitrogens is 2. The first-order chi connectivity index (χ1) is 10.5. The standard InChI is InChI=1S/C15H23N3O4/c1-4-5-11-18-13(19)9-8-12(16-18)15(21)17(2)10-6-7-14(20)22-3/h8-9H,4-7,10-11H2,1-3H3. The van der Waals surface area contributed by atoms with Crippen LogP contribution in [0.2, 0.25) is 0 Å². The molecule has 0 aromatic carbocycles. The lowest BCUT2D eigenvalue weighted by Gasteiger charge is -2.16. The fraction of sp³-hybridized carbons (Fsp3) is 0.600. The number of carbonyl (C=O) groups is 2. The fourth-order valence-electron chi connectivity index (χ4n) is 1.89. The molecule has 1 aromatic heterocycles. The third-order valence-electron chi connectivity index (χ3n) is 3.26. The molecule has 0 saturated carbocycles. The van der Waals surface area contributed by atoms with Gasteiger partial charge in [-0.2, -0.15) is 5.10 Å². The van der Waals surface area contributed by atoms with Crippen molar-refractivity contribution in [3.8, 4) is 0 Å². The summed E-state index contributed by atoms with van der Waals surface area (Å²) < 4.78 is 5.87. The number of rotatable bonds is 8. The molecule has 1 aromatic rings. The summed E-state index contributed by atoms with van der Waals surface area (Å²) in [6.07, 6.45) is 2.56. The van der Waals surface area contributed by atoms with Crippen molar-refractivity contribution < 1.29 is 14.3 Å². The molecule has 0 fully saturated rings. The van der Waals surface area contributed by atoms with Gasteiger partial charge in [-0.15, -0.1) is 0 Å². The predicted octanol–water partition coefficient (Wildman–Crippen LogP) is 1.07. The summed E-state index contributed by atoms with van der Waals surface area (Å²) in [7, 11) is 2.98. The van der Waals surface area contributed by atoms with Crippen LogP contribution in [0.1, 0.15) is 43.1 Å². The minimum Gasteiger partial charge on any atom is -0.469 e. The molecule has 0 spiro atoms. The summed E-state index contributed by atoms with van der Waals surface area (Å²) >= 11 is 0. The van der Waals surface area contributed by atoms with Gasteiger partial charge in [0, 0.05) is 32.6 Å². The highest BCUT2D eigenvalue weighted by Crippen LogP contribution is 2.02. The van der Waals surface area contributed by atoms with Crippen molar-refractivity contribution in [3.63, 3.8) is 0 Å². The van der Waals surface area contributed by atoms with E-state index < -0.39 is 0 Å². The van der Waals surface area contributed by atoms with Crippen molar-refractivity contribution in [2.75, 3.05) is 20.7 Å². The smallest absolute Gasteiger partial charge is 0.305 e. The van der Waals surface area contributed by atoms with E-state index in [2.05, 4.69) is 9.84 Å². The second kappa shape index (κ2) is 8.96. The average Bonchev–Trinajstić information content (AvgIpc) is 2.53. The summed E-state index contributed by atoms with van der Waals surface area (Å²) in [5.74, 6) is -0.567. The molecule has 22 heavy (non-hydrogen) atoms. The second-order valence-electron chi connectivity index (χ2n) is 5.04. The second-order valence-corrected chi connectivity index (χ2v) is 5.04. The Morgan fingerprint density at radius 2 is 2.05 bits per heavy atom. The number of hydrogen-bond acceptors (Lipinski definition) is 5. The van der Waals surface area contributed by atoms with Gasteiger partial charge in [0.25, 0.3) is 11.5 Å². The van der Waals surface area contributed by atoms with E-state index in [1.807, 2.05) is 6.92 Å². The fourth-order valence-corrected chi connectivity index (χ4v) is 1.89. The van der Waals surface area contributed by atoms with E-state index in [4.69, 9.17) is 0 Å². The van der Waals surface area contributed by atoms with Crippen molar-refractivity contribution >= 4 is 11.9 Å². The summed E-state index contributed by atoms with van der Waals surface area (Å²) in [4.78, 5) is 36.5. The Balaban J connectivity index is 2.67. The third-order valence-corrected chi connectivity index (χ3v) is 3.26. The molecule has 0 N–H and O–H groups in total. The first-order valence-corrected chi connectivity index (χ1v) is 7.40. The Morgan fingerprint density at radius 3 is 2.68 bits per heavy atom. The first kappa shape index (κ1) is 17.9. The number of unbranched alkanes of at least 4 members (excludes halogenated alkanes) is 1. The van der Waals surface area contributed by atoms with Gasteiger partial charge in [-0.25, -0.2) is 4.68 Å². The number of esters is 1. The Bertz CT molecular complexity index is 568. The average molecular weight is 309 g/mol. The highest BCUT2D eigenvalue weighted by Gasteiger charge is 2.15. The van der Waals surface area contributed by atoms with Crippen LogP contribution >= 0.6 is 0 Å². The maximum atomic E-state index is 12.3. The monoisotopic (exact) mass is 309 g/mol. The van der Waals surface area contributed by atoms with E-state index >= 15 is 0 Å². The zero-order chi connectivity index (χ0) is 16.5. The number of nitrogens with zero attached hydrogens (tertiary/aromatic N) is 3. The van der Waals surface area contributed by atoms with Crippen LogP contribution < -0.4 is 5.56 Å². The lowest BCUT2D eigenvalue weighted by atomic mass is 10.2. The maximum Gasteiger partial charge on any atom is 0.305 e. The van der Waals surface area contributed by atoms with E-state index in [0.717, 1.165) is 12.8 Å². The molecular formula is C15H23N3O4. The SMILES string of the molecule is CCCCn1nc(C(=O)N(C)CCCC(=O)OC)ccc1=O. The van der Waals surface area contributed by atoms with Gasteiger partial charge in [-0.05, 0) is 18.9 Å². The van der Waals surface area contributed by atoms with Crippen molar-refractivity contribution in [3.05, 3.63) is 28.2 Å². The van der Waals surface area contributed by atoms with Crippen LogP contribution in [0.5, 0.6) is 0 Å². The molecule has 0 unspecified atom stereocenters. The van der Waals surface area contributed by atoms with E-state index in [0.29, 0.717) is 19.5 Å². The molecule has 1 rings (SSSR count). The van der Waals surface area contributed by atoms with E-state index in [1.54, 1.807) is 7.05 Å². The summed E-state index contributed by atoms with van der Waals surface area (Å²) in [6, 6.07) is 2.79. The number of methoxy groups -OCH3 is 1. The van der Waals surface area contributed by atoms with E-state index in [9.17, 15) is 14.4 Å². The molecule has 7 nitrogen and oxygen atoms in total. The number of ether oxygens (including phenoxy) is 1. The molecule has 0 radical (unpaired) electrons. The zero-order valence-electron chi connectivity index (χ0n) is 13.4. The predicted molar refractivity (Wildman–Crippen MR) is 81.6 cm³/mol. The van der Waals surface area contributed by atoms with Gasteiger partial charge in [0.1, 0.15) is 5.69 Å². The summed E-state index contributed by atoms with van der Waals surface area (Å²) in [5, 5.41) is 4.11. The molecule has 1 heterocycles. The lowest BCUT2D eigenvalue weighted by Crippen LogP contribution is -2.32. The van der Waals surface area contributed by atoms with Crippen molar-refractivity contribution in [2.24, 2.45) is 0 Å². The van der Waals surface area contributed by atoms with Crippen LogP contribution in [0.15, 0.2) is 16.9 Å². The summed E-state index contributed by atoms with van der Waals surface area (Å²) in [6.45, 7) is 2.95. The number of carbonyl (C=O) groups excluding carboxylic acids is 2. The molecule has 0 aliphatic carbocycles. The Labute approximate surface area is 129 Å². The summed E-state index contributed by atoms with van der Waals surface area (Å²) in [5.41, 5.74) is 0.0228. The minimum atomic E-state index is -0.299. The van der Waals surface area contributed by atoms with Gasteiger partial charge in [0.05, 0.1) is 7.11 Å². The van der Waals surface area contributed by atoms with Crippen LogP contribution in [0.3, 0.4) is 0 Å². The quantitative estimate of drug-likeness (QED) is 0.671. The molecule has 0 aliphatic heterocycles. The van der Waals surface area contributed by atoms with Gasteiger partial charge >= 0.3 is 5.97 Å². The van der Waals surface area contributed by atoms with Crippen molar-refractivity contribution in [2.45, 2.75) is 39.2 Å². The normalized spacial score (nSPS) is 10.3. The Hall–Kier alpha value is -2.18. The molecule has 7 heteroatoms. The first-order valence-electron chi connectivity index (χ1n) is 7.40. The van der Waals surface area contributed by atoms with Crippen LogP contribution in [-0.2, 0) is 16.1 Å². The number of amides is 1. The van der Waals surface area contributed by atoms with Crippen molar-refractivity contribution in [1.82, 2.24) is 14.7 Å². The molecule has 0 atom stereocenters. The van der Waals surface area contributed by atoms with Gasteiger partial charge in [-0.1, -0.05) is 13.3 Å². The number of hydrogen-bond donors (Lipinski definition) is 0.